The molecule has 2 aromatic rings. The Morgan fingerprint density at radius 3 is 2.62 bits per heavy atom. The molecule has 1 saturated heterocycles. The molecule has 0 radical (unpaired) electrons. The first-order valence-electron chi connectivity index (χ1n) is 11.6. The molecule has 2 fully saturated rings. The zero-order valence-corrected chi connectivity index (χ0v) is 19.4. The predicted molar refractivity (Wildman–Crippen MR) is 127 cm³/mol. The maximum atomic E-state index is 12.5. The van der Waals surface area contributed by atoms with Gasteiger partial charge in [0.15, 0.2) is 11.5 Å². The summed E-state index contributed by atoms with van der Waals surface area (Å²) in [5.41, 5.74) is 2.64. The quantitative estimate of drug-likeness (QED) is 0.693. The summed E-state index contributed by atoms with van der Waals surface area (Å²) >= 11 is 0. The standard InChI is InChI=1S/C26H35N3O3/c1-29-16-14-26(20-9-10-22(31-2)23(17-20)32-3)13-11-21(18-24(26)29)28-25(30)27-15-12-19-7-5-4-6-8-19/h4-10,17,21,24H,11-16,18H2,1-3H3,(H2,27,28,30)/t21-,24+,26+/m1/s1. The molecule has 0 unspecified atom stereocenters. The van der Waals surface area contributed by atoms with Crippen molar-refractivity contribution in [3.05, 3.63) is 59.7 Å². The number of nitrogens with one attached hydrogen (secondary N) is 2. The monoisotopic (exact) mass is 437 g/mol. The van der Waals surface area contributed by atoms with Crippen LogP contribution in [-0.2, 0) is 11.8 Å². The van der Waals surface area contributed by atoms with Gasteiger partial charge in [0.05, 0.1) is 14.2 Å². The molecule has 3 atom stereocenters. The van der Waals surface area contributed by atoms with Gasteiger partial charge in [0.1, 0.15) is 0 Å². The molecule has 0 aromatic heterocycles. The van der Waals surface area contributed by atoms with Crippen LogP contribution in [0.2, 0.25) is 0 Å². The summed E-state index contributed by atoms with van der Waals surface area (Å²) in [6, 6.07) is 17.1. The van der Waals surface area contributed by atoms with E-state index >= 15 is 0 Å². The van der Waals surface area contributed by atoms with E-state index in [9.17, 15) is 4.79 Å². The summed E-state index contributed by atoms with van der Waals surface area (Å²) < 4.78 is 11.0. The number of hydrogen-bond acceptors (Lipinski definition) is 4. The van der Waals surface area contributed by atoms with Crippen LogP contribution in [0, 0.1) is 0 Å². The molecule has 1 saturated carbocycles. The van der Waals surface area contributed by atoms with E-state index < -0.39 is 0 Å². The number of carbonyl (C=O) groups is 1. The van der Waals surface area contributed by atoms with Gasteiger partial charge in [0, 0.05) is 24.0 Å². The number of urea groups is 1. The highest BCUT2D eigenvalue weighted by molar-refractivity contribution is 5.74. The average molecular weight is 438 g/mol. The van der Waals surface area contributed by atoms with Crippen LogP contribution in [0.15, 0.2) is 48.5 Å². The fourth-order valence-electron chi connectivity index (χ4n) is 5.60. The molecule has 32 heavy (non-hydrogen) atoms. The van der Waals surface area contributed by atoms with Crippen molar-refractivity contribution >= 4 is 6.03 Å². The molecule has 1 heterocycles. The van der Waals surface area contributed by atoms with Gasteiger partial charge in [-0.05, 0) is 69.0 Å². The summed E-state index contributed by atoms with van der Waals surface area (Å²) in [5, 5.41) is 6.25. The number of rotatable bonds is 7. The molecule has 0 bridgehead atoms. The first-order valence-corrected chi connectivity index (χ1v) is 11.6. The zero-order valence-electron chi connectivity index (χ0n) is 19.4. The zero-order chi connectivity index (χ0) is 22.6. The van der Waals surface area contributed by atoms with Crippen LogP contribution in [0.3, 0.4) is 0 Å². The first-order chi connectivity index (χ1) is 15.6. The van der Waals surface area contributed by atoms with Crippen molar-refractivity contribution in [2.45, 2.75) is 49.6 Å². The number of fused-ring (bicyclic) bond motifs is 1. The molecular formula is C26H35N3O3. The minimum absolute atomic E-state index is 0.0646. The molecular weight excluding hydrogens is 402 g/mol. The molecule has 2 aromatic carbocycles. The fraction of sp³-hybridized carbons (Fsp3) is 0.500. The first kappa shape index (κ1) is 22.5. The number of carbonyl (C=O) groups excluding carboxylic acids is 1. The lowest BCUT2D eigenvalue weighted by Gasteiger charge is -2.45. The molecule has 172 valence electrons. The third kappa shape index (κ3) is 4.56. The minimum atomic E-state index is -0.0646. The van der Waals surface area contributed by atoms with Crippen molar-refractivity contribution in [2.24, 2.45) is 0 Å². The van der Waals surface area contributed by atoms with Crippen LogP contribution in [0.4, 0.5) is 4.79 Å². The van der Waals surface area contributed by atoms with E-state index in [-0.39, 0.29) is 17.5 Å². The number of methoxy groups -OCH3 is 2. The Hall–Kier alpha value is -2.73. The van der Waals surface area contributed by atoms with Gasteiger partial charge in [0.25, 0.3) is 0 Å². The van der Waals surface area contributed by atoms with E-state index in [1.54, 1.807) is 14.2 Å². The van der Waals surface area contributed by atoms with Crippen molar-refractivity contribution in [2.75, 3.05) is 34.4 Å². The van der Waals surface area contributed by atoms with Crippen molar-refractivity contribution in [3.63, 3.8) is 0 Å². The van der Waals surface area contributed by atoms with Crippen LogP contribution in [-0.4, -0.2) is 57.4 Å². The average Bonchev–Trinajstić information content (AvgIpc) is 3.16. The van der Waals surface area contributed by atoms with Crippen LogP contribution >= 0.6 is 0 Å². The largest absolute Gasteiger partial charge is 0.493 e. The Kier molecular flexibility index (Phi) is 6.89. The van der Waals surface area contributed by atoms with Gasteiger partial charge >= 0.3 is 6.03 Å². The van der Waals surface area contributed by atoms with Crippen LogP contribution < -0.4 is 20.1 Å². The van der Waals surface area contributed by atoms with Gasteiger partial charge in [-0.3, -0.25) is 0 Å². The summed E-state index contributed by atoms with van der Waals surface area (Å²) in [6.45, 7) is 1.70. The van der Waals surface area contributed by atoms with E-state index in [1.165, 1.54) is 11.1 Å². The van der Waals surface area contributed by atoms with Gasteiger partial charge in [0.2, 0.25) is 0 Å². The second kappa shape index (κ2) is 9.82. The third-order valence-electron chi connectivity index (χ3n) is 7.36. The molecule has 1 aliphatic carbocycles. The summed E-state index contributed by atoms with van der Waals surface area (Å²) in [7, 11) is 5.56. The van der Waals surface area contributed by atoms with Gasteiger partial charge < -0.3 is 25.0 Å². The maximum absolute atomic E-state index is 12.5. The highest BCUT2D eigenvalue weighted by Gasteiger charge is 2.50. The third-order valence-corrected chi connectivity index (χ3v) is 7.36. The van der Waals surface area contributed by atoms with Crippen LogP contribution in [0.25, 0.3) is 0 Å². The predicted octanol–water partition coefficient (Wildman–Crippen LogP) is 3.74. The molecule has 0 spiro atoms. The second-order valence-corrected chi connectivity index (χ2v) is 9.08. The molecule has 6 heteroatoms. The SMILES string of the molecule is COc1ccc([C@@]23CC[C@@H](NC(=O)NCCc4ccccc4)C[C@@H]2N(C)CC3)cc1OC. The van der Waals surface area contributed by atoms with Crippen LogP contribution in [0.1, 0.15) is 36.8 Å². The number of likely N-dealkylation sites (tertiary alicyclic amines) is 1. The van der Waals surface area contributed by atoms with Gasteiger partial charge in [-0.15, -0.1) is 0 Å². The lowest BCUT2D eigenvalue weighted by molar-refractivity contribution is 0.154. The molecule has 4 rings (SSSR count). The number of amides is 2. The highest BCUT2D eigenvalue weighted by Crippen LogP contribution is 2.49. The summed E-state index contributed by atoms with van der Waals surface area (Å²) in [6.07, 6.45) is 4.94. The lowest BCUT2D eigenvalue weighted by atomic mass is 9.65. The summed E-state index contributed by atoms with van der Waals surface area (Å²) in [4.78, 5) is 15.0. The Bertz CT molecular complexity index is 920. The number of benzene rings is 2. The highest BCUT2D eigenvalue weighted by atomic mass is 16.5. The van der Waals surface area contributed by atoms with Crippen molar-refractivity contribution < 1.29 is 14.3 Å². The van der Waals surface area contributed by atoms with E-state index in [2.05, 4.69) is 46.8 Å². The van der Waals surface area contributed by atoms with Crippen molar-refractivity contribution in [1.29, 1.82) is 0 Å². The lowest BCUT2D eigenvalue weighted by Crippen LogP contribution is -2.53. The smallest absolute Gasteiger partial charge is 0.315 e. The Morgan fingerprint density at radius 2 is 1.88 bits per heavy atom. The van der Waals surface area contributed by atoms with E-state index in [0.717, 1.165) is 50.1 Å². The molecule has 1 aliphatic heterocycles. The molecule has 2 N–H and O–H groups in total. The van der Waals surface area contributed by atoms with E-state index in [0.29, 0.717) is 12.6 Å². The summed E-state index contributed by atoms with van der Waals surface area (Å²) in [5.74, 6) is 1.55. The van der Waals surface area contributed by atoms with E-state index in [1.807, 2.05) is 24.3 Å². The second-order valence-electron chi connectivity index (χ2n) is 9.08. The number of ether oxygens (including phenoxy) is 2. The number of hydrogen-bond donors (Lipinski definition) is 2. The van der Waals surface area contributed by atoms with Gasteiger partial charge in [-0.1, -0.05) is 36.4 Å². The minimum Gasteiger partial charge on any atom is -0.493 e. The normalized spacial score (nSPS) is 25.1. The van der Waals surface area contributed by atoms with Crippen molar-refractivity contribution in [3.8, 4) is 11.5 Å². The Morgan fingerprint density at radius 1 is 1.09 bits per heavy atom. The van der Waals surface area contributed by atoms with Crippen molar-refractivity contribution in [1.82, 2.24) is 15.5 Å². The number of nitrogens with zero attached hydrogens (tertiary/aromatic N) is 1. The van der Waals surface area contributed by atoms with E-state index in [4.69, 9.17) is 9.47 Å². The fourth-order valence-corrected chi connectivity index (χ4v) is 5.60. The molecule has 6 nitrogen and oxygen atoms in total. The maximum Gasteiger partial charge on any atom is 0.315 e. The molecule has 2 aliphatic rings. The molecule has 2 amide bonds. The topological polar surface area (TPSA) is 62.8 Å². The Balaban J connectivity index is 1.38. The van der Waals surface area contributed by atoms with Gasteiger partial charge in [-0.25, -0.2) is 4.79 Å². The van der Waals surface area contributed by atoms with Gasteiger partial charge in [-0.2, -0.15) is 0 Å². The Labute approximate surface area is 191 Å². The number of likely N-dealkylation sites (N-methyl/N-ethyl adjacent to an activating group) is 1. The van der Waals surface area contributed by atoms with Crippen LogP contribution in [0.5, 0.6) is 11.5 Å².